The van der Waals surface area contributed by atoms with Gasteiger partial charge >= 0.3 is 0 Å². The van der Waals surface area contributed by atoms with E-state index in [0.29, 0.717) is 43.9 Å². The van der Waals surface area contributed by atoms with Crippen LogP contribution in [0.3, 0.4) is 0 Å². The number of hydrogen-bond donors (Lipinski definition) is 0. The molecule has 0 saturated carbocycles. The summed E-state index contributed by atoms with van der Waals surface area (Å²) in [7, 11) is 0. The SMILES string of the molecule is O=C1[C@@H]2CC=CC[C@H]2C(=O)N1CCCc1nc(-c2ccc(Br)cc2)no1. The molecule has 1 fully saturated rings. The van der Waals surface area contributed by atoms with E-state index < -0.39 is 0 Å². The number of hydrogen-bond acceptors (Lipinski definition) is 5. The van der Waals surface area contributed by atoms with Crippen molar-refractivity contribution in [2.24, 2.45) is 11.8 Å². The zero-order valence-corrected chi connectivity index (χ0v) is 15.7. The number of aromatic nitrogens is 2. The normalized spacial score (nSPS) is 22.1. The molecule has 2 amide bonds. The highest BCUT2D eigenvalue weighted by atomic mass is 79.9. The van der Waals surface area contributed by atoms with Crippen LogP contribution in [0.2, 0.25) is 0 Å². The van der Waals surface area contributed by atoms with E-state index in [4.69, 9.17) is 4.52 Å². The number of carbonyl (C=O) groups is 2. The van der Waals surface area contributed by atoms with Gasteiger partial charge in [0.1, 0.15) is 0 Å². The van der Waals surface area contributed by atoms with Crippen molar-refractivity contribution in [2.45, 2.75) is 25.7 Å². The molecule has 0 radical (unpaired) electrons. The maximum absolute atomic E-state index is 12.4. The number of rotatable bonds is 5. The largest absolute Gasteiger partial charge is 0.339 e. The van der Waals surface area contributed by atoms with E-state index in [1.807, 2.05) is 36.4 Å². The number of aryl methyl sites for hydroxylation is 1. The van der Waals surface area contributed by atoms with Crippen molar-refractivity contribution in [2.75, 3.05) is 6.54 Å². The molecule has 134 valence electrons. The zero-order chi connectivity index (χ0) is 18.1. The van der Waals surface area contributed by atoms with E-state index >= 15 is 0 Å². The molecule has 0 spiro atoms. The van der Waals surface area contributed by atoms with Crippen molar-refractivity contribution < 1.29 is 14.1 Å². The molecular formula is C19H18BrN3O3. The van der Waals surface area contributed by atoms with Gasteiger partial charge in [0.2, 0.25) is 23.5 Å². The average molecular weight is 416 g/mol. The van der Waals surface area contributed by atoms with E-state index in [-0.39, 0.29) is 23.7 Å². The van der Waals surface area contributed by atoms with Crippen LogP contribution < -0.4 is 0 Å². The molecule has 2 atom stereocenters. The predicted molar refractivity (Wildman–Crippen MR) is 97.8 cm³/mol. The van der Waals surface area contributed by atoms with Crippen LogP contribution in [0.4, 0.5) is 0 Å². The molecule has 0 unspecified atom stereocenters. The number of nitrogens with zero attached hydrogens (tertiary/aromatic N) is 3. The average Bonchev–Trinajstić information content (AvgIpc) is 3.22. The molecule has 1 aliphatic carbocycles. The number of carbonyl (C=O) groups excluding carboxylic acids is 2. The lowest BCUT2D eigenvalue weighted by Gasteiger charge is -2.14. The predicted octanol–water partition coefficient (Wildman–Crippen LogP) is 3.38. The second kappa shape index (κ2) is 7.15. The topological polar surface area (TPSA) is 76.3 Å². The Labute approximate surface area is 159 Å². The van der Waals surface area contributed by atoms with Crippen LogP contribution in [0, 0.1) is 11.8 Å². The van der Waals surface area contributed by atoms with Gasteiger partial charge in [0.15, 0.2) is 0 Å². The number of fused-ring (bicyclic) bond motifs is 1. The Bertz CT molecular complexity index is 833. The van der Waals surface area contributed by atoms with Crippen molar-refractivity contribution >= 4 is 27.7 Å². The van der Waals surface area contributed by atoms with Crippen LogP contribution in [0.25, 0.3) is 11.4 Å². The molecule has 2 aromatic rings. The molecule has 2 heterocycles. The van der Waals surface area contributed by atoms with Gasteiger partial charge in [-0.25, -0.2) is 0 Å². The van der Waals surface area contributed by atoms with Crippen molar-refractivity contribution in [3.05, 3.63) is 46.8 Å². The lowest BCUT2D eigenvalue weighted by molar-refractivity contribution is -0.139. The van der Waals surface area contributed by atoms with Crippen molar-refractivity contribution in [3.63, 3.8) is 0 Å². The van der Waals surface area contributed by atoms with Crippen molar-refractivity contribution in [1.82, 2.24) is 15.0 Å². The van der Waals surface area contributed by atoms with Crippen LogP contribution in [-0.2, 0) is 16.0 Å². The number of halogens is 1. The second-order valence-corrected chi connectivity index (χ2v) is 7.52. The fourth-order valence-corrected chi connectivity index (χ4v) is 3.81. The van der Waals surface area contributed by atoms with Gasteiger partial charge in [0, 0.05) is 23.0 Å². The van der Waals surface area contributed by atoms with Crippen molar-refractivity contribution in [1.29, 1.82) is 0 Å². The Kier molecular flexibility index (Phi) is 4.72. The van der Waals surface area contributed by atoms with Crippen LogP contribution in [0.5, 0.6) is 0 Å². The Hall–Kier alpha value is -2.28. The molecule has 6 nitrogen and oxygen atoms in total. The summed E-state index contributed by atoms with van der Waals surface area (Å²) in [6, 6.07) is 7.67. The molecule has 2 aliphatic rings. The smallest absolute Gasteiger partial charge is 0.233 e. The van der Waals surface area contributed by atoms with Gasteiger partial charge in [-0.2, -0.15) is 4.98 Å². The summed E-state index contributed by atoms with van der Waals surface area (Å²) in [5, 5.41) is 4.00. The van der Waals surface area contributed by atoms with E-state index in [1.165, 1.54) is 4.90 Å². The van der Waals surface area contributed by atoms with Gasteiger partial charge < -0.3 is 4.52 Å². The first-order chi connectivity index (χ1) is 12.6. The number of imide groups is 1. The third-order valence-corrected chi connectivity index (χ3v) is 5.47. The molecule has 26 heavy (non-hydrogen) atoms. The first kappa shape index (κ1) is 17.1. The molecule has 1 saturated heterocycles. The fraction of sp³-hybridized carbons (Fsp3) is 0.368. The Balaban J connectivity index is 1.35. The van der Waals surface area contributed by atoms with Crippen LogP contribution in [-0.4, -0.2) is 33.4 Å². The third-order valence-electron chi connectivity index (χ3n) is 4.94. The standard InChI is InChI=1S/C19H18BrN3O3/c20-13-9-7-12(8-10-13)17-21-16(26-22-17)6-3-11-23-18(24)14-4-1-2-5-15(14)19(23)25/h1-2,7-10,14-15H,3-6,11H2/t14-,15-/m1/s1. The monoisotopic (exact) mass is 415 g/mol. The highest BCUT2D eigenvalue weighted by Crippen LogP contribution is 2.35. The third kappa shape index (κ3) is 3.23. The Morgan fingerprint density at radius 2 is 1.73 bits per heavy atom. The summed E-state index contributed by atoms with van der Waals surface area (Å²) in [6.07, 6.45) is 6.49. The highest BCUT2D eigenvalue weighted by Gasteiger charge is 2.46. The molecule has 0 bridgehead atoms. The fourth-order valence-electron chi connectivity index (χ4n) is 3.55. The van der Waals surface area contributed by atoms with Gasteiger partial charge in [-0.3, -0.25) is 14.5 Å². The maximum Gasteiger partial charge on any atom is 0.233 e. The summed E-state index contributed by atoms with van der Waals surface area (Å²) < 4.78 is 6.28. The minimum Gasteiger partial charge on any atom is -0.339 e. The Morgan fingerprint density at radius 1 is 1.08 bits per heavy atom. The molecule has 1 aromatic carbocycles. The summed E-state index contributed by atoms with van der Waals surface area (Å²) >= 11 is 3.39. The molecule has 4 rings (SSSR count). The van der Waals surface area contributed by atoms with Crippen LogP contribution >= 0.6 is 15.9 Å². The summed E-state index contributed by atoms with van der Waals surface area (Å²) in [5.74, 6) is 0.648. The van der Waals surface area contributed by atoms with E-state index in [1.54, 1.807) is 0 Å². The van der Waals surface area contributed by atoms with E-state index in [9.17, 15) is 9.59 Å². The molecular weight excluding hydrogens is 398 g/mol. The minimum absolute atomic E-state index is 0.0366. The Morgan fingerprint density at radius 3 is 2.38 bits per heavy atom. The van der Waals surface area contributed by atoms with E-state index in [2.05, 4.69) is 26.1 Å². The van der Waals surface area contributed by atoms with Gasteiger partial charge in [-0.1, -0.05) is 33.2 Å². The number of benzene rings is 1. The molecule has 1 aromatic heterocycles. The lowest BCUT2D eigenvalue weighted by atomic mass is 9.85. The maximum atomic E-state index is 12.4. The number of allylic oxidation sites excluding steroid dienone is 2. The van der Waals surface area contributed by atoms with Gasteiger partial charge in [0.05, 0.1) is 11.8 Å². The quantitative estimate of drug-likeness (QED) is 0.552. The lowest BCUT2D eigenvalue weighted by Crippen LogP contribution is -2.32. The van der Waals surface area contributed by atoms with Gasteiger partial charge in [0.25, 0.3) is 0 Å². The molecule has 7 heteroatoms. The van der Waals surface area contributed by atoms with Crippen LogP contribution in [0.1, 0.15) is 25.2 Å². The zero-order valence-electron chi connectivity index (χ0n) is 14.1. The summed E-state index contributed by atoms with van der Waals surface area (Å²) in [6.45, 7) is 0.403. The number of amides is 2. The van der Waals surface area contributed by atoms with Gasteiger partial charge in [-0.05, 0) is 43.5 Å². The second-order valence-electron chi connectivity index (χ2n) is 6.61. The van der Waals surface area contributed by atoms with Crippen molar-refractivity contribution in [3.8, 4) is 11.4 Å². The molecule has 1 aliphatic heterocycles. The van der Waals surface area contributed by atoms with Crippen LogP contribution in [0.15, 0.2) is 45.4 Å². The minimum atomic E-state index is -0.167. The highest BCUT2D eigenvalue weighted by molar-refractivity contribution is 9.10. The van der Waals surface area contributed by atoms with Gasteiger partial charge in [-0.15, -0.1) is 0 Å². The molecule has 0 N–H and O–H groups in total. The summed E-state index contributed by atoms with van der Waals surface area (Å²) in [4.78, 5) is 30.7. The summed E-state index contributed by atoms with van der Waals surface area (Å²) in [5.41, 5.74) is 0.879. The first-order valence-electron chi connectivity index (χ1n) is 8.72. The number of likely N-dealkylation sites (tertiary alicyclic amines) is 1. The van der Waals surface area contributed by atoms with E-state index in [0.717, 1.165) is 10.0 Å². The first-order valence-corrected chi connectivity index (χ1v) is 9.51.